The normalized spacial score (nSPS) is 13.7. The summed E-state index contributed by atoms with van der Waals surface area (Å²) in [6, 6.07) is 102. The van der Waals surface area contributed by atoms with E-state index in [2.05, 4.69) is 266 Å². The molecule has 0 saturated heterocycles. The van der Waals surface area contributed by atoms with Gasteiger partial charge in [0.05, 0.1) is 5.41 Å². The van der Waals surface area contributed by atoms with Crippen LogP contribution in [0.3, 0.4) is 0 Å². The van der Waals surface area contributed by atoms with Gasteiger partial charge in [0.25, 0.3) is 0 Å². The van der Waals surface area contributed by atoms with E-state index in [9.17, 15) is 0 Å². The van der Waals surface area contributed by atoms with Gasteiger partial charge >= 0.3 is 0 Å². The zero-order valence-corrected chi connectivity index (χ0v) is 39.3. The van der Waals surface area contributed by atoms with Crippen LogP contribution in [0.15, 0.2) is 277 Å². The van der Waals surface area contributed by atoms with Gasteiger partial charge in [-0.25, -0.2) is 0 Å². The molecular weight excluding hydrogens is 863 g/mol. The van der Waals surface area contributed by atoms with E-state index in [1.807, 2.05) is 12.1 Å². The Morgan fingerprint density at radius 3 is 1.53 bits per heavy atom. The summed E-state index contributed by atoms with van der Waals surface area (Å²) in [5.41, 5.74) is 17.2. The van der Waals surface area contributed by atoms with Gasteiger partial charge in [0.1, 0.15) is 11.2 Å². The van der Waals surface area contributed by atoms with Crippen LogP contribution in [0.4, 0.5) is 17.1 Å². The van der Waals surface area contributed by atoms with E-state index in [-0.39, 0.29) is 0 Å². The lowest BCUT2D eigenvalue weighted by atomic mass is 9.67. The monoisotopic (exact) mass is 907 g/mol. The van der Waals surface area contributed by atoms with Crippen molar-refractivity contribution in [2.75, 3.05) is 4.90 Å². The molecule has 11 aromatic carbocycles. The number of furan rings is 1. The Hall–Kier alpha value is -8.76. The van der Waals surface area contributed by atoms with Gasteiger partial charge in [0, 0.05) is 27.8 Å². The van der Waals surface area contributed by atoms with Crippen LogP contribution < -0.4 is 25.6 Å². The van der Waals surface area contributed by atoms with Crippen LogP contribution in [-0.2, 0) is 5.41 Å². The molecule has 12 aromatic rings. The second-order valence-electron chi connectivity index (χ2n) is 18.7. The van der Waals surface area contributed by atoms with Crippen molar-refractivity contribution >= 4 is 67.8 Å². The highest BCUT2D eigenvalue weighted by Crippen LogP contribution is 2.56. The summed E-state index contributed by atoms with van der Waals surface area (Å²) in [5.74, 6) is 0. The highest BCUT2D eigenvalue weighted by molar-refractivity contribution is 7.22. The fraction of sp³-hybridized carbons (Fsp3) is 0.0149. The molecule has 2 heterocycles. The molecular formula is C67H45NOSi. The molecule has 2 aliphatic rings. The highest BCUT2D eigenvalue weighted by atomic mass is 28.3. The summed E-state index contributed by atoms with van der Waals surface area (Å²) in [7, 11) is -2.80. The van der Waals surface area contributed by atoms with E-state index >= 15 is 0 Å². The quantitative estimate of drug-likeness (QED) is 0.141. The van der Waals surface area contributed by atoms with Crippen LogP contribution in [0.5, 0.6) is 0 Å². The van der Waals surface area contributed by atoms with E-state index < -0.39 is 13.5 Å². The zero-order chi connectivity index (χ0) is 46.2. The van der Waals surface area contributed by atoms with Crippen LogP contribution >= 0.6 is 0 Å². The van der Waals surface area contributed by atoms with Crippen molar-refractivity contribution in [1.29, 1.82) is 0 Å². The maximum Gasteiger partial charge on any atom is 0.180 e. The number of para-hydroxylation sites is 1. The van der Waals surface area contributed by atoms with Crippen molar-refractivity contribution < 1.29 is 4.42 Å². The topological polar surface area (TPSA) is 16.4 Å². The molecule has 0 saturated carbocycles. The molecule has 328 valence electrons. The van der Waals surface area contributed by atoms with Gasteiger partial charge in [-0.1, -0.05) is 218 Å². The first-order chi connectivity index (χ1) is 34.7. The number of fused-ring (bicyclic) bond motifs is 9. The summed E-state index contributed by atoms with van der Waals surface area (Å²) in [4.78, 5) is 2.48. The lowest BCUT2D eigenvalue weighted by Gasteiger charge is -2.35. The van der Waals surface area contributed by atoms with E-state index in [1.54, 1.807) is 0 Å². The maximum atomic E-state index is 6.23. The molecule has 1 aliphatic carbocycles. The second-order valence-corrected chi connectivity index (χ2v) is 22.4. The summed E-state index contributed by atoms with van der Waals surface area (Å²) in [5, 5.41) is 7.86. The van der Waals surface area contributed by atoms with Crippen LogP contribution in [-0.4, -0.2) is 8.07 Å². The van der Waals surface area contributed by atoms with Crippen molar-refractivity contribution in [3.8, 4) is 33.4 Å². The largest absolute Gasteiger partial charge is 0.456 e. The predicted octanol–water partition coefficient (Wildman–Crippen LogP) is 14.4. The molecule has 0 bridgehead atoms. The number of anilines is 3. The van der Waals surface area contributed by atoms with Gasteiger partial charge in [-0.2, -0.15) is 0 Å². The van der Waals surface area contributed by atoms with E-state index in [1.165, 1.54) is 65.3 Å². The standard InChI is InChI=1S/C67H45NOSi/c1-3-19-48(20-4-1)67(61-32-12-7-27-55(61)56-28-8-13-33-62(56)67)49-21-17-22-51(44-49)68(50-40-37-46(38-41-50)47-39-42-64-60(43-47)57-29-9-14-34-63(57)69-64)52-23-18-26-54(45-52)70(53-24-5-2-6-25-53)65-35-15-10-30-58(65)59-31-11-16-36-66(59)70/h1-45H. The average Bonchev–Trinajstić information content (AvgIpc) is 4.07. The van der Waals surface area contributed by atoms with Gasteiger partial charge in [0.2, 0.25) is 0 Å². The lowest BCUT2D eigenvalue weighted by Crippen LogP contribution is -2.72. The van der Waals surface area contributed by atoms with Gasteiger partial charge in [-0.3, -0.25) is 0 Å². The number of benzene rings is 11. The lowest BCUT2D eigenvalue weighted by molar-refractivity contribution is 0.669. The van der Waals surface area contributed by atoms with Gasteiger partial charge in [-0.05, 0) is 131 Å². The SMILES string of the molecule is c1ccc(C2(c3cccc(N(c4ccc(-c5ccc6oc7ccccc7c6c5)cc4)c4cccc([Si]5(c6ccccc6)c6ccccc6-c6ccccc65)c4)c3)c3ccccc3-c3ccccc32)cc1. The van der Waals surface area contributed by atoms with Crippen LogP contribution in [0.2, 0.25) is 0 Å². The molecule has 0 spiro atoms. The fourth-order valence-electron chi connectivity index (χ4n) is 12.3. The molecule has 0 radical (unpaired) electrons. The highest BCUT2D eigenvalue weighted by Gasteiger charge is 2.49. The number of nitrogens with zero attached hydrogens (tertiary/aromatic N) is 1. The molecule has 14 rings (SSSR count). The van der Waals surface area contributed by atoms with Gasteiger partial charge in [0.15, 0.2) is 8.07 Å². The first-order valence-electron chi connectivity index (χ1n) is 24.2. The molecule has 0 unspecified atom stereocenters. The molecule has 1 aliphatic heterocycles. The van der Waals surface area contributed by atoms with E-state index in [0.29, 0.717) is 0 Å². The summed E-state index contributed by atoms with van der Waals surface area (Å²) in [6.45, 7) is 0. The predicted molar refractivity (Wildman–Crippen MR) is 294 cm³/mol. The van der Waals surface area contributed by atoms with Crippen molar-refractivity contribution in [2.45, 2.75) is 5.41 Å². The second kappa shape index (κ2) is 15.9. The molecule has 2 nitrogen and oxygen atoms in total. The van der Waals surface area contributed by atoms with Crippen molar-refractivity contribution in [1.82, 2.24) is 0 Å². The smallest absolute Gasteiger partial charge is 0.180 e. The Balaban J connectivity index is 0.991. The molecule has 1 aromatic heterocycles. The minimum Gasteiger partial charge on any atom is -0.456 e. The third-order valence-corrected chi connectivity index (χ3v) is 20.1. The Morgan fingerprint density at radius 2 is 0.829 bits per heavy atom. The third kappa shape index (κ3) is 5.86. The summed E-state index contributed by atoms with van der Waals surface area (Å²) >= 11 is 0. The summed E-state index contributed by atoms with van der Waals surface area (Å²) in [6.07, 6.45) is 0. The molecule has 0 fully saturated rings. The third-order valence-electron chi connectivity index (χ3n) is 15.2. The number of rotatable bonds is 8. The molecule has 0 amide bonds. The first kappa shape index (κ1) is 40.3. The first-order valence-corrected chi connectivity index (χ1v) is 26.2. The van der Waals surface area contributed by atoms with Crippen molar-refractivity contribution in [2.24, 2.45) is 0 Å². The Kier molecular flexibility index (Phi) is 9.17. The minimum atomic E-state index is -2.80. The van der Waals surface area contributed by atoms with Crippen molar-refractivity contribution in [3.05, 3.63) is 295 Å². The molecule has 0 N–H and O–H groups in total. The average molecular weight is 908 g/mol. The number of hydrogen-bond acceptors (Lipinski definition) is 2. The maximum absolute atomic E-state index is 6.23. The van der Waals surface area contributed by atoms with Crippen molar-refractivity contribution in [3.63, 3.8) is 0 Å². The molecule has 0 atom stereocenters. The van der Waals surface area contributed by atoms with E-state index in [0.717, 1.165) is 50.1 Å². The Labute approximate surface area is 409 Å². The number of hydrogen-bond donors (Lipinski definition) is 0. The Morgan fingerprint density at radius 1 is 0.314 bits per heavy atom. The summed E-state index contributed by atoms with van der Waals surface area (Å²) < 4.78 is 6.23. The zero-order valence-electron chi connectivity index (χ0n) is 38.3. The van der Waals surface area contributed by atoms with Crippen LogP contribution in [0, 0.1) is 0 Å². The minimum absolute atomic E-state index is 0.542. The molecule has 3 heteroatoms. The van der Waals surface area contributed by atoms with Crippen LogP contribution in [0.1, 0.15) is 22.3 Å². The Bertz CT molecular complexity index is 3690. The fourth-order valence-corrected chi connectivity index (χ4v) is 17.5. The van der Waals surface area contributed by atoms with Crippen LogP contribution in [0.25, 0.3) is 55.3 Å². The molecule has 70 heavy (non-hydrogen) atoms. The van der Waals surface area contributed by atoms with E-state index in [4.69, 9.17) is 4.42 Å². The van der Waals surface area contributed by atoms with Gasteiger partial charge in [-0.15, -0.1) is 0 Å². The van der Waals surface area contributed by atoms with Gasteiger partial charge < -0.3 is 9.32 Å².